The molecule has 1 nitrogen and oxygen atoms in total. The topological polar surface area (TPSA) is 12.0 Å². The van der Waals surface area contributed by atoms with E-state index in [0.717, 1.165) is 24.4 Å². The monoisotopic (exact) mass is 181 g/mol. The van der Waals surface area contributed by atoms with Gasteiger partial charge in [0.1, 0.15) is 0 Å². The smallest absolute Gasteiger partial charge is 0.0137 e. The summed E-state index contributed by atoms with van der Waals surface area (Å²) in [6.45, 7) is 7.87. The number of nitrogens with one attached hydrogen (secondary N) is 1. The van der Waals surface area contributed by atoms with E-state index >= 15 is 0 Å². The summed E-state index contributed by atoms with van der Waals surface area (Å²) in [5, 5.41) is 3.64. The lowest BCUT2D eigenvalue weighted by Crippen LogP contribution is -2.42. The summed E-state index contributed by atoms with van der Waals surface area (Å²) in [6, 6.07) is 0.741. The van der Waals surface area contributed by atoms with Crippen LogP contribution in [0.1, 0.15) is 40.0 Å². The van der Waals surface area contributed by atoms with E-state index in [4.69, 9.17) is 0 Å². The first-order valence-electron chi connectivity index (χ1n) is 5.60. The van der Waals surface area contributed by atoms with Crippen LogP contribution in [0.15, 0.2) is 12.2 Å². The van der Waals surface area contributed by atoms with Crippen molar-refractivity contribution in [3.8, 4) is 0 Å². The van der Waals surface area contributed by atoms with Gasteiger partial charge in [0.25, 0.3) is 0 Å². The third-order valence-corrected chi connectivity index (χ3v) is 3.25. The molecule has 1 N–H and O–H groups in total. The van der Waals surface area contributed by atoms with E-state index in [9.17, 15) is 0 Å². The Labute approximate surface area is 82.6 Å². The lowest BCUT2D eigenvalue weighted by Gasteiger charge is -2.35. The Bertz CT molecular complexity index is 153. The molecule has 1 aliphatic carbocycles. The van der Waals surface area contributed by atoms with Crippen molar-refractivity contribution in [1.29, 1.82) is 0 Å². The molecular formula is C12H23N. The molecule has 1 saturated carbocycles. The Morgan fingerprint density at radius 2 is 1.85 bits per heavy atom. The summed E-state index contributed by atoms with van der Waals surface area (Å²) in [5.74, 6) is 1.71. The largest absolute Gasteiger partial charge is 0.310 e. The Balaban J connectivity index is 2.35. The van der Waals surface area contributed by atoms with Crippen LogP contribution >= 0.6 is 0 Å². The van der Waals surface area contributed by atoms with Crippen molar-refractivity contribution < 1.29 is 0 Å². The Kier molecular flexibility index (Phi) is 4.51. The molecule has 76 valence electrons. The summed E-state index contributed by atoms with van der Waals surface area (Å²) in [6.07, 6.45) is 8.54. The molecule has 2 atom stereocenters. The molecule has 0 aromatic carbocycles. The van der Waals surface area contributed by atoms with Crippen LogP contribution in [0.2, 0.25) is 0 Å². The quantitative estimate of drug-likeness (QED) is 0.660. The van der Waals surface area contributed by atoms with Crippen molar-refractivity contribution in [2.24, 2.45) is 11.8 Å². The fraction of sp³-hybridized carbons (Fsp3) is 0.833. The van der Waals surface area contributed by atoms with Crippen LogP contribution < -0.4 is 5.32 Å². The van der Waals surface area contributed by atoms with Gasteiger partial charge in [-0.25, -0.2) is 0 Å². The van der Waals surface area contributed by atoms with Crippen LogP contribution in [0.4, 0.5) is 0 Å². The molecular weight excluding hydrogens is 158 g/mol. The molecule has 1 heteroatoms. The maximum atomic E-state index is 3.64. The van der Waals surface area contributed by atoms with Crippen LogP contribution in [0.25, 0.3) is 0 Å². The van der Waals surface area contributed by atoms with Gasteiger partial charge in [0.15, 0.2) is 0 Å². The van der Waals surface area contributed by atoms with E-state index in [2.05, 4.69) is 38.2 Å². The van der Waals surface area contributed by atoms with Crippen LogP contribution in [-0.4, -0.2) is 12.6 Å². The van der Waals surface area contributed by atoms with Crippen molar-refractivity contribution >= 4 is 0 Å². The van der Waals surface area contributed by atoms with Gasteiger partial charge in [0.2, 0.25) is 0 Å². The zero-order chi connectivity index (χ0) is 9.68. The third kappa shape index (κ3) is 3.15. The molecule has 1 aliphatic rings. The van der Waals surface area contributed by atoms with Gasteiger partial charge in [-0.1, -0.05) is 32.4 Å². The lowest BCUT2D eigenvalue weighted by atomic mass is 9.79. The summed E-state index contributed by atoms with van der Waals surface area (Å²) in [7, 11) is 0. The van der Waals surface area contributed by atoms with Gasteiger partial charge in [-0.05, 0) is 31.6 Å². The fourth-order valence-corrected chi connectivity index (χ4v) is 2.41. The van der Waals surface area contributed by atoms with Crippen molar-refractivity contribution in [2.75, 3.05) is 6.54 Å². The predicted octanol–water partition coefficient (Wildman–Crippen LogP) is 2.98. The third-order valence-electron chi connectivity index (χ3n) is 3.25. The van der Waals surface area contributed by atoms with Crippen molar-refractivity contribution in [1.82, 2.24) is 5.32 Å². The van der Waals surface area contributed by atoms with Crippen LogP contribution in [0.5, 0.6) is 0 Å². The SMILES string of the molecule is C/C=C/CNC1C(C)CCCC1C. The number of rotatable bonds is 3. The molecule has 0 heterocycles. The maximum absolute atomic E-state index is 3.64. The maximum Gasteiger partial charge on any atom is 0.0137 e. The zero-order valence-corrected chi connectivity index (χ0v) is 9.22. The highest BCUT2D eigenvalue weighted by Crippen LogP contribution is 2.28. The minimum Gasteiger partial charge on any atom is -0.310 e. The van der Waals surface area contributed by atoms with Crippen molar-refractivity contribution in [2.45, 2.75) is 46.1 Å². The second-order valence-electron chi connectivity index (χ2n) is 4.39. The van der Waals surface area contributed by atoms with Crippen LogP contribution in [-0.2, 0) is 0 Å². The van der Waals surface area contributed by atoms with E-state index in [0.29, 0.717) is 0 Å². The molecule has 1 fully saturated rings. The highest BCUT2D eigenvalue weighted by molar-refractivity contribution is 4.87. The van der Waals surface area contributed by atoms with Crippen molar-refractivity contribution in [3.05, 3.63) is 12.2 Å². The van der Waals surface area contributed by atoms with E-state index < -0.39 is 0 Å². The van der Waals surface area contributed by atoms with Gasteiger partial charge >= 0.3 is 0 Å². The molecule has 0 saturated heterocycles. The van der Waals surface area contributed by atoms with E-state index in [1.165, 1.54) is 19.3 Å². The number of allylic oxidation sites excluding steroid dienone is 1. The Morgan fingerprint density at radius 3 is 2.38 bits per heavy atom. The number of hydrogen-bond donors (Lipinski definition) is 1. The highest BCUT2D eigenvalue weighted by atomic mass is 14.9. The van der Waals surface area contributed by atoms with Gasteiger partial charge in [-0.15, -0.1) is 0 Å². The molecule has 0 amide bonds. The molecule has 0 aromatic heterocycles. The molecule has 0 aromatic rings. The lowest BCUT2D eigenvalue weighted by molar-refractivity contribution is 0.214. The Hall–Kier alpha value is -0.300. The molecule has 0 radical (unpaired) electrons. The van der Waals surface area contributed by atoms with Gasteiger partial charge < -0.3 is 5.32 Å². The van der Waals surface area contributed by atoms with Crippen molar-refractivity contribution in [3.63, 3.8) is 0 Å². The second-order valence-corrected chi connectivity index (χ2v) is 4.39. The first kappa shape index (κ1) is 10.8. The minimum atomic E-state index is 0.741. The average molecular weight is 181 g/mol. The van der Waals surface area contributed by atoms with E-state index in [-0.39, 0.29) is 0 Å². The van der Waals surface area contributed by atoms with Gasteiger partial charge in [-0.2, -0.15) is 0 Å². The normalized spacial score (nSPS) is 35.5. The summed E-state index contributed by atoms with van der Waals surface area (Å²) in [4.78, 5) is 0. The van der Waals surface area contributed by atoms with E-state index in [1.807, 2.05) is 0 Å². The molecule has 2 unspecified atom stereocenters. The average Bonchev–Trinajstić information content (AvgIpc) is 2.10. The predicted molar refractivity (Wildman–Crippen MR) is 58.8 cm³/mol. The van der Waals surface area contributed by atoms with Gasteiger partial charge in [0, 0.05) is 12.6 Å². The molecule has 1 rings (SSSR count). The molecule has 0 bridgehead atoms. The highest BCUT2D eigenvalue weighted by Gasteiger charge is 2.26. The number of hydrogen-bond acceptors (Lipinski definition) is 1. The van der Waals surface area contributed by atoms with Gasteiger partial charge in [0.05, 0.1) is 0 Å². The van der Waals surface area contributed by atoms with Gasteiger partial charge in [-0.3, -0.25) is 0 Å². The first-order chi connectivity index (χ1) is 6.25. The summed E-state index contributed by atoms with van der Waals surface area (Å²) >= 11 is 0. The van der Waals surface area contributed by atoms with E-state index in [1.54, 1.807) is 0 Å². The first-order valence-corrected chi connectivity index (χ1v) is 5.60. The standard InChI is InChI=1S/C12H23N/c1-4-5-9-13-12-10(2)7-6-8-11(12)3/h4-5,10-13H,6-9H2,1-3H3/b5-4+. The summed E-state index contributed by atoms with van der Waals surface area (Å²) < 4.78 is 0. The summed E-state index contributed by atoms with van der Waals surface area (Å²) in [5.41, 5.74) is 0. The van der Waals surface area contributed by atoms with Crippen LogP contribution in [0, 0.1) is 11.8 Å². The molecule has 0 aliphatic heterocycles. The zero-order valence-electron chi connectivity index (χ0n) is 9.22. The Morgan fingerprint density at radius 1 is 1.23 bits per heavy atom. The van der Waals surface area contributed by atoms with Crippen LogP contribution in [0.3, 0.4) is 0 Å². The fourth-order valence-electron chi connectivity index (χ4n) is 2.41. The molecule has 13 heavy (non-hydrogen) atoms. The minimum absolute atomic E-state index is 0.741. The molecule has 0 spiro atoms. The second kappa shape index (κ2) is 5.43.